The summed E-state index contributed by atoms with van der Waals surface area (Å²) >= 11 is 0. The van der Waals surface area contributed by atoms with Gasteiger partial charge in [-0.25, -0.2) is 0 Å². The second-order valence-corrected chi connectivity index (χ2v) is 6.64. The topological polar surface area (TPSA) is 51.0 Å². The fourth-order valence-corrected chi connectivity index (χ4v) is 3.05. The highest BCUT2D eigenvalue weighted by Gasteiger charge is 2.17. The summed E-state index contributed by atoms with van der Waals surface area (Å²) in [6.07, 6.45) is 3.35. The Morgan fingerprint density at radius 3 is 2.41 bits per heavy atom. The van der Waals surface area contributed by atoms with Crippen molar-refractivity contribution in [3.05, 3.63) is 96.1 Å². The van der Waals surface area contributed by atoms with E-state index in [4.69, 9.17) is 9.47 Å². The van der Waals surface area contributed by atoms with Crippen molar-refractivity contribution in [3.63, 3.8) is 0 Å². The lowest BCUT2D eigenvalue weighted by molar-refractivity contribution is 0.363. The molecule has 0 radical (unpaired) electrons. The summed E-state index contributed by atoms with van der Waals surface area (Å²) in [6, 6.07) is 21.1. The van der Waals surface area contributed by atoms with Crippen LogP contribution in [0, 0.1) is 0 Å². The van der Waals surface area contributed by atoms with Gasteiger partial charge in [-0.05, 0) is 42.0 Å². The monoisotopic (exact) mass is 387 g/mol. The highest BCUT2D eigenvalue weighted by atomic mass is 16.5. The SMILES string of the molecule is C=CCOc1ccc(N=Cc2cc(OC)cc(C(C)c3ccccc3)c2O)cc1. The molecule has 0 bridgehead atoms. The van der Waals surface area contributed by atoms with Gasteiger partial charge < -0.3 is 14.6 Å². The molecule has 0 saturated carbocycles. The predicted molar refractivity (Wildman–Crippen MR) is 118 cm³/mol. The molecule has 0 aromatic heterocycles. The number of methoxy groups -OCH3 is 1. The fourth-order valence-electron chi connectivity index (χ4n) is 3.05. The van der Waals surface area contributed by atoms with Crippen molar-refractivity contribution >= 4 is 11.9 Å². The number of hydrogen-bond donors (Lipinski definition) is 1. The highest BCUT2D eigenvalue weighted by Crippen LogP contribution is 2.36. The molecule has 4 heteroatoms. The first-order chi connectivity index (χ1) is 14.1. The summed E-state index contributed by atoms with van der Waals surface area (Å²) in [7, 11) is 1.62. The molecule has 0 fully saturated rings. The molecule has 148 valence electrons. The van der Waals surface area contributed by atoms with E-state index in [1.54, 1.807) is 25.5 Å². The molecule has 0 aliphatic carbocycles. The van der Waals surface area contributed by atoms with E-state index in [0.717, 1.165) is 22.6 Å². The third-order valence-corrected chi connectivity index (χ3v) is 4.70. The number of aliphatic imine (C=N–C) groups is 1. The Kier molecular flexibility index (Phi) is 6.69. The molecule has 1 atom stereocenters. The molecule has 3 aromatic carbocycles. The third kappa shape index (κ3) is 5.05. The van der Waals surface area contributed by atoms with E-state index in [9.17, 15) is 5.11 Å². The van der Waals surface area contributed by atoms with Gasteiger partial charge in [-0.1, -0.05) is 49.9 Å². The number of aromatic hydroxyl groups is 1. The van der Waals surface area contributed by atoms with Crippen LogP contribution in [0.15, 0.2) is 84.4 Å². The van der Waals surface area contributed by atoms with E-state index >= 15 is 0 Å². The van der Waals surface area contributed by atoms with E-state index in [-0.39, 0.29) is 11.7 Å². The lowest BCUT2D eigenvalue weighted by Gasteiger charge is -2.17. The van der Waals surface area contributed by atoms with Crippen LogP contribution in [-0.4, -0.2) is 25.0 Å². The molecule has 4 nitrogen and oxygen atoms in total. The van der Waals surface area contributed by atoms with Crippen molar-refractivity contribution in [2.24, 2.45) is 4.99 Å². The number of ether oxygens (including phenoxy) is 2. The molecular weight excluding hydrogens is 362 g/mol. The maximum absolute atomic E-state index is 10.9. The van der Waals surface area contributed by atoms with Gasteiger partial charge >= 0.3 is 0 Å². The number of phenolic OH excluding ortho intramolecular Hbond substituents is 1. The summed E-state index contributed by atoms with van der Waals surface area (Å²) in [5.41, 5.74) is 3.28. The lowest BCUT2D eigenvalue weighted by Crippen LogP contribution is -2.00. The molecule has 0 aliphatic rings. The molecular formula is C25H25NO3. The van der Waals surface area contributed by atoms with Crippen LogP contribution < -0.4 is 9.47 Å². The van der Waals surface area contributed by atoms with Gasteiger partial charge in [-0.3, -0.25) is 4.99 Å². The van der Waals surface area contributed by atoms with Gasteiger partial charge in [0, 0.05) is 23.3 Å². The quantitative estimate of drug-likeness (QED) is 0.388. The van der Waals surface area contributed by atoms with Crippen molar-refractivity contribution in [3.8, 4) is 17.2 Å². The minimum atomic E-state index is 0.0137. The lowest BCUT2D eigenvalue weighted by atomic mass is 9.91. The molecule has 0 amide bonds. The Hall–Kier alpha value is -3.53. The summed E-state index contributed by atoms with van der Waals surface area (Å²) in [5, 5.41) is 10.9. The number of benzene rings is 3. The largest absolute Gasteiger partial charge is 0.507 e. The standard InChI is InChI=1S/C25H25NO3/c1-4-14-29-22-12-10-21(11-13-22)26-17-20-15-23(28-3)16-24(25(20)27)18(2)19-8-6-5-7-9-19/h4-13,15-18,27H,1,14H2,2-3H3. The van der Waals surface area contributed by atoms with Gasteiger partial charge in [0.1, 0.15) is 23.9 Å². The maximum Gasteiger partial charge on any atom is 0.128 e. The second-order valence-electron chi connectivity index (χ2n) is 6.64. The normalized spacial score (nSPS) is 11.9. The van der Waals surface area contributed by atoms with E-state index < -0.39 is 0 Å². The van der Waals surface area contributed by atoms with Crippen molar-refractivity contribution < 1.29 is 14.6 Å². The first-order valence-corrected chi connectivity index (χ1v) is 9.46. The minimum Gasteiger partial charge on any atom is -0.507 e. The van der Waals surface area contributed by atoms with Crippen molar-refractivity contribution in [1.82, 2.24) is 0 Å². The average molecular weight is 387 g/mol. The number of phenols is 1. The van der Waals surface area contributed by atoms with Gasteiger partial charge in [0.25, 0.3) is 0 Å². The molecule has 29 heavy (non-hydrogen) atoms. The summed E-state index contributed by atoms with van der Waals surface area (Å²) in [5.74, 6) is 1.65. The Bertz CT molecular complexity index is 979. The Labute approximate surface area is 171 Å². The first-order valence-electron chi connectivity index (χ1n) is 9.46. The zero-order valence-corrected chi connectivity index (χ0v) is 16.7. The minimum absolute atomic E-state index is 0.0137. The zero-order chi connectivity index (χ0) is 20.6. The molecule has 0 heterocycles. The number of hydrogen-bond acceptors (Lipinski definition) is 4. The summed E-state index contributed by atoms with van der Waals surface area (Å²) < 4.78 is 10.9. The number of rotatable bonds is 8. The van der Waals surface area contributed by atoms with E-state index in [0.29, 0.717) is 17.9 Å². The van der Waals surface area contributed by atoms with Gasteiger partial charge in [0.05, 0.1) is 12.8 Å². The third-order valence-electron chi connectivity index (χ3n) is 4.70. The van der Waals surface area contributed by atoms with Crippen LogP contribution in [0.5, 0.6) is 17.2 Å². The summed E-state index contributed by atoms with van der Waals surface area (Å²) in [4.78, 5) is 4.49. The van der Waals surface area contributed by atoms with E-state index in [1.165, 1.54) is 0 Å². The second kappa shape index (κ2) is 9.60. The maximum atomic E-state index is 10.9. The predicted octanol–water partition coefficient (Wildman–Crippen LogP) is 5.87. The Balaban J connectivity index is 1.89. The van der Waals surface area contributed by atoms with Crippen molar-refractivity contribution in [2.75, 3.05) is 13.7 Å². The Morgan fingerprint density at radius 1 is 1.03 bits per heavy atom. The molecule has 0 aliphatic heterocycles. The van der Waals surface area contributed by atoms with Gasteiger partial charge in [0.15, 0.2) is 0 Å². The average Bonchev–Trinajstić information content (AvgIpc) is 2.77. The zero-order valence-electron chi connectivity index (χ0n) is 16.7. The highest BCUT2D eigenvalue weighted by molar-refractivity contribution is 5.87. The van der Waals surface area contributed by atoms with Gasteiger partial charge in [0.2, 0.25) is 0 Å². The van der Waals surface area contributed by atoms with E-state index in [2.05, 4.69) is 18.5 Å². The molecule has 3 rings (SSSR count). The molecule has 0 spiro atoms. The van der Waals surface area contributed by atoms with Gasteiger partial charge in [-0.2, -0.15) is 0 Å². The van der Waals surface area contributed by atoms with Crippen molar-refractivity contribution in [2.45, 2.75) is 12.8 Å². The molecule has 1 N–H and O–H groups in total. The van der Waals surface area contributed by atoms with Crippen LogP contribution in [0.25, 0.3) is 0 Å². The van der Waals surface area contributed by atoms with Crippen LogP contribution in [0.4, 0.5) is 5.69 Å². The van der Waals surface area contributed by atoms with Gasteiger partial charge in [-0.15, -0.1) is 0 Å². The van der Waals surface area contributed by atoms with Crippen LogP contribution in [0.1, 0.15) is 29.5 Å². The molecule has 3 aromatic rings. The fraction of sp³-hybridized carbons (Fsp3) is 0.160. The summed E-state index contributed by atoms with van der Waals surface area (Å²) in [6.45, 7) is 6.16. The Morgan fingerprint density at radius 2 is 1.76 bits per heavy atom. The van der Waals surface area contributed by atoms with E-state index in [1.807, 2.05) is 60.7 Å². The van der Waals surface area contributed by atoms with Crippen LogP contribution >= 0.6 is 0 Å². The van der Waals surface area contributed by atoms with Crippen LogP contribution in [-0.2, 0) is 0 Å². The van der Waals surface area contributed by atoms with Crippen LogP contribution in [0.2, 0.25) is 0 Å². The number of nitrogens with zero attached hydrogens (tertiary/aromatic N) is 1. The smallest absolute Gasteiger partial charge is 0.128 e. The van der Waals surface area contributed by atoms with Crippen molar-refractivity contribution in [1.29, 1.82) is 0 Å². The molecule has 1 unspecified atom stereocenters. The molecule has 0 saturated heterocycles. The van der Waals surface area contributed by atoms with Crippen LogP contribution in [0.3, 0.4) is 0 Å². The first kappa shape index (κ1) is 20.2.